The first-order chi connectivity index (χ1) is 15.3. The van der Waals surface area contributed by atoms with Gasteiger partial charge in [0, 0.05) is 5.66 Å². The van der Waals surface area contributed by atoms with Crippen LogP contribution in [0, 0.1) is 12.3 Å². The van der Waals surface area contributed by atoms with E-state index in [4.69, 9.17) is 6.42 Å². The van der Waals surface area contributed by atoms with Crippen molar-refractivity contribution in [1.29, 1.82) is 0 Å². The molecule has 0 saturated carbocycles. The molecule has 0 nitrogen and oxygen atoms in total. The fourth-order valence-corrected chi connectivity index (χ4v) is 9.92. The van der Waals surface area contributed by atoms with Crippen LogP contribution in [0.3, 0.4) is 0 Å². The fraction of sp³-hybridized carbons (Fsp3) is 0.103. The van der Waals surface area contributed by atoms with E-state index in [2.05, 4.69) is 134 Å². The highest BCUT2D eigenvalue weighted by Crippen LogP contribution is 2.51. The van der Waals surface area contributed by atoms with E-state index in [9.17, 15) is 0 Å². The zero-order valence-corrected chi connectivity index (χ0v) is 19.5. The summed E-state index contributed by atoms with van der Waals surface area (Å²) in [6.07, 6.45) is 6.32. The second-order valence-corrected chi connectivity index (χ2v) is 12.4. The number of terminal acetylenes is 1. The van der Waals surface area contributed by atoms with Gasteiger partial charge >= 0.3 is 0 Å². The lowest BCUT2D eigenvalue weighted by atomic mass is 10.3. The molecule has 0 amide bonds. The third-order valence-corrected chi connectivity index (χ3v) is 11.4. The molecule has 0 aliphatic carbocycles. The van der Waals surface area contributed by atoms with Crippen molar-refractivity contribution in [3.8, 4) is 12.3 Å². The zero-order chi connectivity index (χ0) is 21.5. The molecule has 0 heterocycles. The van der Waals surface area contributed by atoms with Crippen molar-refractivity contribution in [3.63, 3.8) is 0 Å². The van der Waals surface area contributed by atoms with E-state index in [0.29, 0.717) is 5.66 Å². The Morgan fingerprint density at radius 2 is 0.806 bits per heavy atom. The normalized spacial score (nSPS) is 13.0. The van der Waals surface area contributed by atoms with E-state index in [1.807, 2.05) is 0 Å². The van der Waals surface area contributed by atoms with Crippen LogP contribution in [-0.4, -0.2) is 11.3 Å². The van der Waals surface area contributed by atoms with E-state index < -0.39 is 15.8 Å². The molecule has 152 valence electrons. The molecular formula is C29H26P2. The molecule has 0 aliphatic rings. The van der Waals surface area contributed by atoms with Gasteiger partial charge in [-0.1, -0.05) is 134 Å². The SMILES string of the molecule is C#C[C@@H]([C@H](C)P(c1ccccc1)c1ccccc1)P(c1ccccc1)c1ccccc1. The molecule has 0 aromatic heterocycles. The van der Waals surface area contributed by atoms with Crippen molar-refractivity contribution < 1.29 is 0 Å². The highest BCUT2D eigenvalue weighted by Gasteiger charge is 2.33. The van der Waals surface area contributed by atoms with Crippen LogP contribution in [0.15, 0.2) is 121 Å². The number of benzene rings is 4. The van der Waals surface area contributed by atoms with Gasteiger partial charge in [-0.15, -0.1) is 6.42 Å². The van der Waals surface area contributed by atoms with Crippen LogP contribution in [-0.2, 0) is 0 Å². The Bertz CT molecular complexity index is 1020. The molecule has 0 unspecified atom stereocenters. The summed E-state index contributed by atoms with van der Waals surface area (Å²) in [5, 5.41) is 5.45. The molecule has 0 bridgehead atoms. The minimum atomic E-state index is -0.687. The maximum atomic E-state index is 6.32. The summed E-state index contributed by atoms with van der Waals surface area (Å²) in [7, 11) is -1.28. The molecule has 4 aromatic carbocycles. The quantitative estimate of drug-likeness (QED) is 0.260. The van der Waals surface area contributed by atoms with Crippen LogP contribution in [0.5, 0.6) is 0 Å². The van der Waals surface area contributed by atoms with Crippen LogP contribution in [0.4, 0.5) is 0 Å². The summed E-state index contributed by atoms with van der Waals surface area (Å²) in [4.78, 5) is 0. The Hall–Kier alpha value is -2.70. The van der Waals surface area contributed by atoms with Gasteiger partial charge in [0.1, 0.15) is 0 Å². The average Bonchev–Trinajstić information content (AvgIpc) is 2.85. The van der Waals surface area contributed by atoms with E-state index in [1.54, 1.807) is 0 Å². The van der Waals surface area contributed by atoms with Gasteiger partial charge in [0.25, 0.3) is 0 Å². The van der Waals surface area contributed by atoms with Crippen LogP contribution in [0.25, 0.3) is 0 Å². The van der Waals surface area contributed by atoms with E-state index >= 15 is 0 Å². The predicted molar refractivity (Wildman–Crippen MR) is 140 cm³/mol. The number of rotatable bonds is 7. The number of hydrogen-bond acceptors (Lipinski definition) is 0. The summed E-state index contributed by atoms with van der Waals surface area (Å²) < 4.78 is 0. The summed E-state index contributed by atoms with van der Waals surface area (Å²) in [5.74, 6) is 3.26. The van der Waals surface area contributed by atoms with Crippen LogP contribution >= 0.6 is 15.8 Å². The Labute approximate surface area is 188 Å². The van der Waals surface area contributed by atoms with Gasteiger partial charge in [-0.25, -0.2) is 0 Å². The van der Waals surface area contributed by atoms with Gasteiger partial charge in [-0.05, 0) is 37.1 Å². The highest BCUT2D eigenvalue weighted by molar-refractivity contribution is 7.77. The Morgan fingerprint density at radius 3 is 1.10 bits per heavy atom. The average molecular weight is 436 g/mol. The van der Waals surface area contributed by atoms with Crippen LogP contribution in [0.2, 0.25) is 0 Å². The second kappa shape index (κ2) is 10.6. The van der Waals surface area contributed by atoms with E-state index in [-0.39, 0.29) is 5.66 Å². The van der Waals surface area contributed by atoms with Crippen molar-refractivity contribution in [3.05, 3.63) is 121 Å². The van der Waals surface area contributed by atoms with Crippen molar-refractivity contribution in [2.24, 2.45) is 0 Å². The first kappa shape index (κ1) is 21.5. The molecule has 0 radical (unpaired) electrons. The first-order valence-electron chi connectivity index (χ1n) is 10.5. The molecule has 0 fully saturated rings. The van der Waals surface area contributed by atoms with E-state index in [1.165, 1.54) is 21.2 Å². The van der Waals surface area contributed by atoms with Crippen molar-refractivity contribution in [2.75, 3.05) is 0 Å². The van der Waals surface area contributed by atoms with Crippen molar-refractivity contribution >= 4 is 37.1 Å². The Morgan fingerprint density at radius 1 is 0.516 bits per heavy atom. The third-order valence-electron chi connectivity index (χ3n) is 5.45. The topological polar surface area (TPSA) is 0 Å². The van der Waals surface area contributed by atoms with Gasteiger partial charge in [-0.2, -0.15) is 0 Å². The monoisotopic (exact) mass is 436 g/mol. The van der Waals surface area contributed by atoms with Gasteiger partial charge in [-0.3, -0.25) is 0 Å². The van der Waals surface area contributed by atoms with Crippen molar-refractivity contribution in [1.82, 2.24) is 0 Å². The van der Waals surface area contributed by atoms with Gasteiger partial charge in [0.05, 0.1) is 5.66 Å². The second-order valence-electron chi connectivity index (χ2n) is 7.43. The van der Waals surface area contributed by atoms with Crippen LogP contribution < -0.4 is 21.2 Å². The standard InChI is InChI=1S/C29H26P2/c1-3-29(31(27-20-12-6-13-21-27)28-22-14-7-15-23-28)24(2)30(25-16-8-4-9-17-25)26-18-10-5-11-19-26/h1,4-24,29H,2H3/t24-,29-/m0/s1. The molecule has 2 atom stereocenters. The first-order valence-corrected chi connectivity index (χ1v) is 13.4. The maximum absolute atomic E-state index is 6.32. The summed E-state index contributed by atoms with van der Waals surface area (Å²) in [6, 6.07) is 43.4. The molecule has 31 heavy (non-hydrogen) atoms. The predicted octanol–water partition coefficient (Wildman–Crippen LogP) is 5.64. The van der Waals surface area contributed by atoms with Gasteiger partial charge in [0.2, 0.25) is 0 Å². The third kappa shape index (κ3) is 4.97. The minimum Gasteiger partial charge on any atom is -0.119 e. The lowest BCUT2D eigenvalue weighted by Crippen LogP contribution is -2.32. The fourth-order valence-electron chi connectivity index (χ4n) is 4.01. The van der Waals surface area contributed by atoms with Gasteiger partial charge in [0.15, 0.2) is 0 Å². The molecule has 0 aliphatic heterocycles. The molecule has 0 N–H and O–H groups in total. The van der Waals surface area contributed by atoms with Gasteiger partial charge < -0.3 is 0 Å². The summed E-state index contributed by atoms with van der Waals surface area (Å²) in [5.41, 5.74) is 0.461. The molecule has 4 aromatic rings. The van der Waals surface area contributed by atoms with Crippen molar-refractivity contribution in [2.45, 2.75) is 18.2 Å². The zero-order valence-electron chi connectivity index (χ0n) is 17.7. The lowest BCUT2D eigenvalue weighted by Gasteiger charge is -2.35. The molecule has 0 spiro atoms. The molecule has 2 heteroatoms. The van der Waals surface area contributed by atoms with Crippen LogP contribution in [0.1, 0.15) is 6.92 Å². The smallest absolute Gasteiger partial charge is 0.0552 e. The lowest BCUT2D eigenvalue weighted by molar-refractivity contribution is 1.01. The maximum Gasteiger partial charge on any atom is 0.0552 e. The highest BCUT2D eigenvalue weighted by atomic mass is 31.1. The largest absolute Gasteiger partial charge is 0.119 e. The Balaban J connectivity index is 1.82. The summed E-state index contributed by atoms with van der Waals surface area (Å²) in [6.45, 7) is 2.36. The molecule has 4 rings (SSSR count). The molecular weight excluding hydrogens is 410 g/mol. The Kier molecular flexibility index (Phi) is 7.33. The number of hydrogen-bond donors (Lipinski definition) is 0. The molecule has 0 saturated heterocycles. The minimum absolute atomic E-state index is 0.131. The van der Waals surface area contributed by atoms with E-state index in [0.717, 1.165) is 0 Å². The summed E-state index contributed by atoms with van der Waals surface area (Å²) >= 11 is 0.